The van der Waals surface area contributed by atoms with Gasteiger partial charge >= 0.3 is 0 Å². The summed E-state index contributed by atoms with van der Waals surface area (Å²) in [5, 5.41) is 9.62. The average molecular weight is 252 g/mol. The lowest BCUT2D eigenvalue weighted by atomic mass is 10.1. The van der Waals surface area contributed by atoms with Crippen LogP contribution in [-0.2, 0) is 19.3 Å². The SMILES string of the molecule is CCS(=O)(=O)CCCC(O)CC1OCCO1. The summed E-state index contributed by atoms with van der Waals surface area (Å²) in [6, 6.07) is 0. The van der Waals surface area contributed by atoms with Crippen LogP contribution >= 0.6 is 0 Å². The van der Waals surface area contributed by atoms with Gasteiger partial charge in [0.1, 0.15) is 9.84 Å². The summed E-state index contributed by atoms with van der Waals surface area (Å²) >= 11 is 0. The second kappa shape index (κ2) is 6.54. The fraction of sp³-hybridized carbons (Fsp3) is 1.00. The Labute approximate surface area is 96.7 Å². The quantitative estimate of drug-likeness (QED) is 0.706. The lowest BCUT2D eigenvalue weighted by Crippen LogP contribution is -2.19. The fourth-order valence-corrected chi connectivity index (χ4v) is 2.46. The molecule has 0 amide bonds. The van der Waals surface area contributed by atoms with E-state index in [1.54, 1.807) is 6.92 Å². The Bertz CT molecular complexity index is 282. The molecule has 1 aliphatic heterocycles. The van der Waals surface area contributed by atoms with E-state index < -0.39 is 15.9 Å². The van der Waals surface area contributed by atoms with Gasteiger partial charge in [0, 0.05) is 12.2 Å². The maximum Gasteiger partial charge on any atom is 0.160 e. The van der Waals surface area contributed by atoms with E-state index in [-0.39, 0.29) is 17.8 Å². The molecule has 6 heteroatoms. The zero-order valence-electron chi connectivity index (χ0n) is 9.59. The van der Waals surface area contributed by atoms with E-state index in [2.05, 4.69) is 0 Å². The molecule has 96 valence electrons. The monoisotopic (exact) mass is 252 g/mol. The van der Waals surface area contributed by atoms with E-state index in [4.69, 9.17) is 9.47 Å². The molecule has 1 fully saturated rings. The van der Waals surface area contributed by atoms with Gasteiger partial charge in [-0.1, -0.05) is 6.92 Å². The van der Waals surface area contributed by atoms with Crippen molar-refractivity contribution in [3.63, 3.8) is 0 Å². The van der Waals surface area contributed by atoms with Crippen molar-refractivity contribution in [2.45, 2.75) is 38.6 Å². The molecule has 0 spiro atoms. The summed E-state index contributed by atoms with van der Waals surface area (Å²) in [5.74, 6) is 0.310. The number of sulfone groups is 1. The summed E-state index contributed by atoms with van der Waals surface area (Å²) in [4.78, 5) is 0. The maximum atomic E-state index is 11.2. The van der Waals surface area contributed by atoms with Gasteiger partial charge in [0.2, 0.25) is 0 Å². The molecule has 1 unspecified atom stereocenters. The van der Waals surface area contributed by atoms with Crippen LogP contribution in [0.3, 0.4) is 0 Å². The van der Waals surface area contributed by atoms with Crippen LogP contribution in [0.25, 0.3) is 0 Å². The summed E-state index contributed by atoms with van der Waals surface area (Å²) in [5.41, 5.74) is 0. The molecule has 1 N–H and O–H groups in total. The van der Waals surface area contributed by atoms with Crippen molar-refractivity contribution in [3.05, 3.63) is 0 Å². The Kier molecular flexibility index (Phi) is 5.68. The molecule has 1 rings (SSSR count). The summed E-state index contributed by atoms with van der Waals surface area (Å²) in [7, 11) is -2.92. The van der Waals surface area contributed by atoms with Crippen LogP contribution in [0, 0.1) is 0 Å². The Morgan fingerprint density at radius 2 is 2.00 bits per heavy atom. The van der Waals surface area contributed by atoms with Crippen molar-refractivity contribution in [1.29, 1.82) is 0 Å². The van der Waals surface area contributed by atoms with Gasteiger partial charge in [-0.15, -0.1) is 0 Å². The minimum absolute atomic E-state index is 0.146. The summed E-state index contributed by atoms with van der Waals surface area (Å²) in [6.07, 6.45) is 0.520. The largest absolute Gasteiger partial charge is 0.393 e. The van der Waals surface area contributed by atoms with Crippen LogP contribution in [0.15, 0.2) is 0 Å². The van der Waals surface area contributed by atoms with Crippen molar-refractivity contribution in [2.24, 2.45) is 0 Å². The van der Waals surface area contributed by atoms with Gasteiger partial charge in [0.05, 0.1) is 25.1 Å². The first kappa shape index (κ1) is 13.9. The van der Waals surface area contributed by atoms with Gasteiger partial charge in [-0.05, 0) is 12.8 Å². The normalized spacial score (nSPS) is 20.1. The zero-order chi connectivity index (χ0) is 12.0. The molecule has 0 aromatic carbocycles. The van der Waals surface area contributed by atoms with E-state index in [0.717, 1.165) is 0 Å². The highest BCUT2D eigenvalue weighted by molar-refractivity contribution is 7.91. The van der Waals surface area contributed by atoms with Crippen LogP contribution in [0.1, 0.15) is 26.2 Å². The van der Waals surface area contributed by atoms with Crippen molar-refractivity contribution < 1.29 is 23.0 Å². The molecule has 0 saturated carbocycles. The lowest BCUT2D eigenvalue weighted by Gasteiger charge is -2.14. The van der Waals surface area contributed by atoms with Crippen LogP contribution in [0.5, 0.6) is 0 Å². The third-order valence-corrected chi connectivity index (χ3v) is 4.38. The molecule has 16 heavy (non-hydrogen) atoms. The number of aliphatic hydroxyl groups is 1. The first-order chi connectivity index (χ1) is 7.53. The molecular formula is C10H20O5S. The highest BCUT2D eigenvalue weighted by Gasteiger charge is 2.20. The molecule has 1 atom stereocenters. The number of hydrogen-bond acceptors (Lipinski definition) is 5. The molecule has 5 nitrogen and oxygen atoms in total. The maximum absolute atomic E-state index is 11.2. The van der Waals surface area contributed by atoms with Crippen molar-refractivity contribution in [3.8, 4) is 0 Å². The lowest BCUT2D eigenvalue weighted by molar-refractivity contribution is -0.0710. The Morgan fingerprint density at radius 3 is 2.56 bits per heavy atom. The first-order valence-electron chi connectivity index (χ1n) is 5.65. The average Bonchev–Trinajstić information content (AvgIpc) is 2.70. The van der Waals surface area contributed by atoms with Gasteiger partial charge in [-0.2, -0.15) is 0 Å². The number of aliphatic hydroxyl groups excluding tert-OH is 1. The minimum Gasteiger partial charge on any atom is -0.393 e. The Morgan fingerprint density at radius 1 is 1.38 bits per heavy atom. The van der Waals surface area contributed by atoms with Crippen molar-refractivity contribution in [1.82, 2.24) is 0 Å². The Hall–Kier alpha value is -0.170. The second-order valence-corrected chi connectivity index (χ2v) is 6.41. The van der Waals surface area contributed by atoms with Crippen molar-refractivity contribution >= 4 is 9.84 Å². The predicted octanol–water partition coefficient (Wildman–Crippen LogP) is 0.325. The van der Waals surface area contributed by atoms with Crippen LogP contribution in [-0.4, -0.2) is 50.6 Å². The summed E-state index contributed by atoms with van der Waals surface area (Å²) < 4.78 is 32.8. The van der Waals surface area contributed by atoms with Gasteiger partial charge in [-0.3, -0.25) is 0 Å². The minimum atomic E-state index is -2.92. The van der Waals surface area contributed by atoms with E-state index >= 15 is 0 Å². The van der Waals surface area contributed by atoms with Crippen LogP contribution in [0.4, 0.5) is 0 Å². The molecule has 0 aromatic rings. The van der Waals surface area contributed by atoms with Crippen molar-refractivity contribution in [2.75, 3.05) is 24.7 Å². The van der Waals surface area contributed by atoms with E-state index in [0.29, 0.717) is 32.5 Å². The third-order valence-electron chi connectivity index (χ3n) is 2.59. The van der Waals surface area contributed by atoms with E-state index in [1.807, 2.05) is 0 Å². The Balaban J connectivity index is 2.12. The van der Waals surface area contributed by atoms with Gasteiger partial charge < -0.3 is 14.6 Å². The molecular weight excluding hydrogens is 232 g/mol. The van der Waals surface area contributed by atoms with Gasteiger partial charge in [0.25, 0.3) is 0 Å². The first-order valence-corrected chi connectivity index (χ1v) is 7.47. The molecule has 1 aliphatic rings. The molecule has 1 heterocycles. The van der Waals surface area contributed by atoms with E-state index in [9.17, 15) is 13.5 Å². The predicted molar refractivity (Wildman–Crippen MR) is 59.9 cm³/mol. The molecule has 0 aliphatic carbocycles. The van der Waals surface area contributed by atoms with Gasteiger partial charge in [-0.25, -0.2) is 8.42 Å². The standard InChI is InChI=1S/C10H20O5S/c1-2-16(12,13)7-3-4-9(11)8-10-14-5-6-15-10/h9-11H,2-8H2,1H3. The molecule has 0 bridgehead atoms. The van der Waals surface area contributed by atoms with Crippen LogP contribution < -0.4 is 0 Å². The smallest absolute Gasteiger partial charge is 0.160 e. The number of hydrogen-bond donors (Lipinski definition) is 1. The fourth-order valence-electron chi connectivity index (χ4n) is 1.57. The number of rotatable bonds is 7. The molecule has 1 saturated heterocycles. The molecule has 0 aromatic heterocycles. The van der Waals surface area contributed by atoms with Crippen LogP contribution in [0.2, 0.25) is 0 Å². The van der Waals surface area contributed by atoms with E-state index in [1.165, 1.54) is 0 Å². The second-order valence-electron chi connectivity index (χ2n) is 3.94. The summed E-state index contributed by atoms with van der Waals surface area (Å²) in [6.45, 7) is 2.77. The zero-order valence-corrected chi connectivity index (χ0v) is 10.4. The highest BCUT2D eigenvalue weighted by atomic mass is 32.2. The van der Waals surface area contributed by atoms with Gasteiger partial charge in [0.15, 0.2) is 6.29 Å². The topological polar surface area (TPSA) is 72.8 Å². The molecule has 0 radical (unpaired) electrons. The number of ether oxygens (including phenoxy) is 2. The highest BCUT2D eigenvalue weighted by Crippen LogP contribution is 2.13. The third kappa shape index (κ3) is 5.25.